The summed E-state index contributed by atoms with van der Waals surface area (Å²) in [5.74, 6) is 0. The number of hydrogen-bond acceptors (Lipinski definition) is 3. The zero-order valence-electron chi connectivity index (χ0n) is 10.3. The molecule has 1 unspecified atom stereocenters. The zero-order chi connectivity index (χ0) is 14.6. The van der Waals surface area contributed by atoms with Gasteiger partial charge in [-0.1, -0.05) is 36.4 Å². The van der Waals surface area contributed by atoms with E-state index in [1.165, 1.54) is 0 Å². The Morgan fingerprint density at radius 1 is 1.00 bits per heavy atom. The quantitative estimate of drug-likeness (QED) is 0.423. The summed E-state index contributed by atoms with van der Waals surface area (Å²) in [7, 11) is -2.94. The molecule has 0 fully saturated rings. The number of benzene rings is 2. The highest BCUT2D eigenvalue weighted by Gasteiger charge is 2.52. The maximum Gasteiger partial charge on any atom is 0.562 e. The van der Waals surface area contributed by atoms with Crippen molar-refractivity contribution in [2.45, 2.75) is 5.40 Å². The van der Waals surface area contributed by atoms with Gasteiger partial charge >= 0.3 is 13.4 Å². The van der Waals surface area contributed by atoms with Crippen LogP contribution in [0, 0.1) is 0 Å². The van der Waals surface area contributed by atoms with Crippen molar-refractivity contribution in [2.75, 3.05) is 0 Å². The molecule has 3 N–H and O–H groups in total. The minimum Gasteiger partial charge on any atom is -0.288 e. The third kappa shape index (κ3) is 2.27. The van der Waals surface area contributed by atoms with Gasteiger partial charge in [-0.25, -0.2) is 0 Å². The van der Waals surface area contributed by atoms with Crippen LogP contribution in [-0.4, -0.2) is 17.7 Å². The van der Waals surface area contributed by atoms with E-state index in [9.17, 15) is 19.0 Å². The first-order valence-corrected chi connectivity index (χ1v) is 6.94. The Balaban J connectivity index is 2.76. The van der Waals surface area contributed by atoms with Gasteiger partial charge in [-0.2, -0.15) is 4.89 Å². The van der Waals surface area contributed by atoms with Gasteiger partial charge < -0.3 is 0 Å². The third-order valence-corrected chi connectivity index (χ3v) is 4.07. The lowest BCUT2D eigenvalue weighted by molar-refractivity contribution is -0.113. The second-order valence-electron chi connectivity index (χ2n) is 4.03. The Morgan fingerprint density at radius 2 is 1.60 bits per heavy atom. The number of hydrogen-bond donors (Lipinski definition) is 3. The largest absolute Gasteiger partial charge is 0.562 e. The van der Waals surface area contributed by atoms with Crippen molar-refractivity contribution in [1.82, 2.24) is 10.6 Å². The molecule has 102 valence electrons. The van der Waals surface area contributed by atoms with E-state index in [2.05, 4.69) is 10.6 Å². The number of fused-ring (bicyclic) bond motifs is 1. The predicted octanol–water partition coefficient (Wildman–Crippen LogP) is 1.18. The summed E-state index contributed by atoms with van der Waals surface area (Å²) < 4.78 is 11.8. The van der Waals surface area contributed by atoms with Gasteiger partial charge in [0.1, 0.15) is 0 Å². The number of carbonyl (C=O) groups excluding carboxylic acids is 2. The Labute approximate surface area is 115 Å². The van der Waals surface area contributed by atoms with Crippen molar-refractivity contribution in [3.8, 4) is 0 Å². The van der Waals surface area contributed by atoms with E-state index in [0.717, 1.165) is 5.39 Å². The molecule has 2 amide bonds. The fourth-order valence-corrected chi connectivity index (χ4v) is 2.85. The van der Waals surface area contributed by atoms with Crippen LogP contribution in [0.3, 0.4) is 0 Å². The molecule has 0 spiro atoms. The third-order valence-electron chi connectivity index (χ3n) is 3.00. The monoisotopic (exact) mass is 291 g/mol. The molecule has 2 aromatic carbocycles. The van der Waals surface area contributed by atoms with E-state index >= 15 is 0 Å². The fourth-order valence-electron chi connectivity index (χ4n) is 2.12. The van der Waals surface area contributed by atoms with Crippen LogP contribution in [0.15, 0.2) is 42.5 Å². The van der Waals surface area contributed by atoms with Gasteiger partial charge in [0.25, 0.3) is 0 Å². The Bertz CT molecular complexity index is 659. The summed E-state index contributed by atoms with van der Waals surface area (Å²) in [5.41, 5.74) is 0.346. The number of rotatable bonds is 6. The van der Waals surface area contributed by atoms with E-state index < -0.39 is 13.4 Å². The fraction of sp³-hybridized carbons (Fsp3) is 0.0769. The smallest absolute Gasteiger partial charge is 0.288 e. The van der Waals surface area contributed by atoms with E-state index in [0.29, 0.717) is 10.9 Å². The molecule has 0 aliphatic heterocycles. The second-order valence-corrected chi connectivity index (χ2v) is 5.25. The highest BCUT2D eigenvalue weighted by molar-refractivity contribution is 7.39. The van der Waals surface area contributed by atoms with Gasteiger partial charge in [0.2, 0.25) is 12.8 Å². The van der Waals surface area contributed by atoms with Crippen LogP contribution in [-0.2, 0) is 19.6 Å². The molecule has 0 aliphatic carbocycles. The average molecular weight is 291 g/mol. The summed E-state index contributed by atoms with van der Waals surface area (Å²) in [6.45, 7) is 0. The highest BCUT2D eigenvalue weighted by atomic mass is 31.1. The molecule has 2 aromatic rings. The van der Waals surface area contributed by atoms with Crippen LogP contribution in [0.4, 0.5) is 0 Å². The first-order valence-electron chi connectivity index (χ1n) is 5.73. The summed E-state index contributed by atoms with van der Waals surface area (Å²) in [6.07, 6.45) is 0.559. The minimum absolute atomic E-state index is 0.279. The van der Waals surface area contributed by atoms with Crippen molar-refractivity contribution in [3.63, 3.8) is 0 Å². The number of amides is 2. The van der Waals surface area contributed by atoms with Crippen molar-refractivity contribution in [3.05, 3.63) is 48.0 Å². The molecule has 6 nitrogen and oxygen atoms in total. The first-order chi connectivity index (χ1) is 9.65. The van der Waals surface area contributed by atoms with Crippen molar-refractivity contribution in [1.29, 1.82) is 0 Å². The Kier molecular flexibility index (Phi) is 4.08. The lowest BCUT2D eigenvalue weighted by Gasteiger charge is -2.21. The number of carbonyl (C=O) groups is 2. The van der Waals surface area contributed by atoms with E-state index in [-0.39, 0.29) is 12.8 Å². The summed E-state index contributed by atoms with van der Waals surface area (Å²) in [4.78, 5) is 31.2. The molecule has 0 heterocycles. The standard InChI is InChI=1S/C13H11N2O4P/c16-8-14-13(15-9-17,20(18)19)12-7-3-5-10-4-1-2-6-11(10)12/h1-9H,(H2-,14,15,16,17,18,19)/p+1. The normalized spacial score (nSPS) is 11.8. The topological polar surface area (TPSA) is 95.5 Å². The van der Waals surface area contributed by atoms with Crippen LogP contribution in [0.1, 0.15) is 5.56 Å². The molecule has 0 aromatic heterocycles. The second kappa shape index (κ2) is 5.77. The summed E-state index contributed by atoms with van der Waals surface area (Å²) in [6, 6.07) is 12.3. The summed E-state index contributed by atoms with van der Waals surface area (Å²) in [5, 5.41) is 4.14. The number of nitrogens with one attached hydrogen (secondary N) is 2. The maximum absolute atomic E-state index is 11.8. The van der Waals surface area contributed by atoms with E-state index in [1.807, 2.05) is 18.2 Å². The lowest BCUT2D eigenvalue weighted by atomic mass is 10.0. The van der Waals surface area contributed by atoms with Crippen LogP contribution < -0.4 is 10.6 Å². The van der Waals surface area contributed by atoms with Gasteiger partial charge in [-0.3, -0.25) is 20.2 Å². The van der Waals surface area contributed by atoms with E-state index in [1.54, 1.807) is 24.3 Å². The first kappa shape index (κ1) is 14.1. The van der Waals surface area contributed by atoms with Crippen molar-refractivity contribution < 1.29 is 19.0 Å². The molecule has 20 heavy (non-hydrogen) atoms. The molecular formula is C13H12N2O4P+. The van der Waals surface area contributed by atoms with Crippen LogP contribution in [0.2, 0.25) is 0 Å². The van der Waals surface area contributed by atoms with Gasteiger partial charge in [-0.15, -0.1) is 0 Å². The zero-order valence-corrected chi connectivity index (χ0v) is 11.2. The molecular weight excluding hydrogens is 279 g/mol. The molecule has 0 bridgehead atoms. The SMILES string of the molecule is O=CNC(NC=O)(c1cccc2ccccc12)[P+](=O)O. The van der Waals surface area contributed by atoms with E-state index in [4.69, 9.17) is 0 Å². The van der Waals surface area contributed by atoms with Gasteiger partial charge in [0.15, 0.2) is 0 Å². The van der Waals surface area contributed by atoms with Crippen LogP contribution in [0.25, 0.3) is 10.8 Å². The van der Waals surface area contributed by atoms with Gasteiger partial charge in [0, 0.05) is 0 Å². The summed E-state index contributed by atoms with van der Waals surface area (Å²) >= 11 is 0. The molecule has 0 radical (unpaired) electrons. The average Bonchev–Trinajstić information content (AvgIpc) is 2.46. The minimum atomic E-state index is -2.94. The predicted molar refractivity (Wildman–Crippen MR) is 73.9 cm³/mol. The molecule has 0 saturated carbocycles. The van der Waals surface area contributed by atoms with Gasteiger partial charge in [-0.05, 0) is 21.4 Å². The van der Waals surface area contributed by atoms with Crippen molar-refractivity contribution in [2.24, 2.45) is 0 Å². The molecule has 0 saturated heterocycles. The van der Waals surface area contributed by atoms with Crippen LogP contribution >= 0.6 is 8.03 Å². The molecule has 1 atom stereocenters. The Morgan fingerprint density at radius 3 is 2.20 bits per heavy atom. The lowest BCUT2D eigenvalue weighted by Crippen LogP contribution is -2.50. The Hall–Kier alpha value is -2.30. The van der Waals surface area contributed by atoms with Gasteiger partial charge in [0.05, 0.1) is 5.56 Å². The van der Waals surface area contributed by atoms with Crippen LogP contribution in [0.5, 0.6) is 0 Å². The molecule has 7 heteroatoms. The maximum atomic E-state index is 11.8. The molecule has 0 aliphatic rings. The van der Waals surface area contributed by atoms with Crippen molar-refractivity contribution >= 4 is 31.6 Å². The molecule has 2 rings (SSSR count). The highest BCUT2D eigenvalue weighted by Crippen LogP contribution is 2.41.